The van der Waals surface area contributed by atoms with Crippen LogP contribution in [-0.2, 0) is 21.7 Å². The first kappa shape index (κ1) is 35.8. The molecule has 0 saturated heterocycles. The van der Waals surface area contributed by atoms with Crippen LogP contribution in [0, 0.1) is 5.92 Å². The molecule has 0 amide bonds. The van der Waals surface area contributed by atoms with Crippen molar-refractivity contribution in [1.29, 1.82) is 0 Å². The van der Waals surface area contributed by atoms with Gasteiger partial charge in [-0.3, -0.25) is 0 Å². The maximum Gasteiger partial charge on any atom is 0.0729 e. The van der Waals surface area contributed by atoms with Gasteiger partial charge in [0, 0.05) is 21.7 Å². The number of rotatable bonds is 6. The molecule has 0 fully saturated rings. The molecule has 0 bridgehead atoms. The maximum atomic E-state index is 2.75. The van der Waals surface area contributed by atoms with Crippen LogP contribution < -0.4 is 4.90 Å². The Kier molecular flexibility index (Phi) is 10.00. The molecule has 0 aromatic heterocycles. The average Bonchev–Trinajstić information content (AvgIpc) is 3.42. The predicted octanol–water partition coefficient (Wildman–Crippen LogP) is 13.9. The van der Waals surface area contributed by atoms with Crippen molar-refractivity contribution in [3.05, 3.63) is 87.5 Å². The lowest BCUT2D eigenvalue weighted by Crippen LogP contribution is -2.22. The number of thioether (sulfide) groups is 1. The second-order valence-electron chi connectivity index (χ2n) is 18.5. The quantitative estimate of drug-likeness (QED) is 0.261. The van der Waals surface area contributed by atoms with E-state index < -0.39 is 0 Å². The van der Waals surface area contributed by atoms with Crippen LogP contribution >= 0.6 is 11.8 Å². The number of benzene rings is 3. The van der Waals surface area contributed by atoms with Crippen LogP contribution in [0.4, 0.5) is 5.69 Å². The van der Waals surface area contributed by atoms with E-state index in [1.165, 1.54) is 88.7 Å². The van der Waals surface area contributed by atoms with Gasteiger partial charge >= 0.3 is 0 Å². The summed E-state index contributed by atoms with van der Waals surface area (Å²) < 4.78 is 0. The third kappa shape index (κ3) is 7.74. The van der Waals surface area contributed by atoms with Crippen molar-refractivity contribution in [3.63, 3.8) is 0 Å². The van der Waals surface area contributed by atoms with Gasteiger partial charge in [-0.1, -0.05) is 157 Å². The summed E-state index contributed by atoms with van der Waals surface area (Å²) in [6.45, 7) is 30.6. The fraction of sp³-hybridized carbons (Fsp3) is 0.556. The van der Waals surface area contributed by atoms with Crippen molar-refractivity contribution in [2.24, 2.45) is 5.92 Å². The zero-order chi connectivity index (χ0) is 34.5. The topological polar surface area (TPSA) is 3.24 Å². The van der Waals surface area contributed by atoms with Gasteiger partial charge in [0.1, 0.15) is 0 Å². The molecule has 254 valence electrons. The van der Waals surface area contributed by atoms with Crippen molar-refractivity contribution in [3.8, 4) is 22.3 Å². The van der Waals surface area contributed by atoms with Gasteiger partial charge in [-0.25, -0.2) is 0 Å². The van der Waals surface area contributed by atoms with Crippen LogP contribution in [0.1, 0.15) is 151 Å². The summed E-state index contributed by atoms with van der Waals surface area (Å²) in [6.07, 6.45) is 7.76. The van der Waals surface area contributed by atoms with Crippen molar-refractivity contribution < 1.29 is 0 Å². The zero-order valence-corrected chi connectivity index (χ0v) is 32.9. The molecule has 3 aromatic carbocycles. The zero-order valence-electron chi connectivity index (χ0n) is 32.1. The average molecular weight is 650 g/mol. The summed E-state index contributed by atoms with van der Waals surface area (Å²) in [5.74, 6) is 1.73. The first-order valence-electron chi connectivity index (χ1n) is 18.4. The minimum absolute atomic E-state index is 0.0610. The number of allylic oxidation sites excluding steroid dienone is 2. The first-order valence-corrected chi connectivity index (χ1v) is 19.4. The molecule has 0 N–H and O–H groups in total. The van der Waals surface area contributed by atoms with Gasteiger partial charge in [-0.05, 0) is 86.6 Å². The van der Waals surface area contributed by atoms with Crippen molar-refractivity contribution >= 4 is 17.4 Å². The molecule has 1 unspecified atom stereocenters. The number of para-hydroxylation sites is 1. The van der Waals surface area contributed by atoms with E-state index in [9.17, 15) is 0 Å². The molecular formula is C45H63NS. The number of anilines is 1. The van der Waals surface area contributed by atoms with Gasteiger partial charge in [0.25, 0.3) is 0 Å². The molecular weight excluding hydrogens is 587 g/mol. The lowest BCUT2D eigenvalue weighted by molar-refractivity contribution is 0.469. The Balaban J connectivity index is 1.83. The van der Waals surface area contributed by atoms with Gasteiger partial charge in [0.2, 0.25) is 0 Å². The minimum atomic E-state index is 0.0610. The van der Waals surface area contributed by atoms with Crippen LogP contribution in [-0.4, -0.2) is 5.88 Å². The molecule has 1 aliphatic heterocycles. The molecule has 3 aromatic rings. The van der Waals surface area contributed by atoms with Crippen molar-refractivity contribution in [2.45, 2.75) is 150 Å². The monoisotopic (exact) mass is 649 g/mol. The van der Waals surface area contributed by atoms with Gasteiger partial charge in [0.05, 0.1) is 11.6 Å². The van der Waals surface area contributed by atoms with E-state index in [-0.39, 0.29) is 21.7 Å². The molecule has 0 spiro atoms. The van der Waals surface area contributed by atoms with Gasteiger partial charge in [-0.15, -0.1) is 11.8 Å². The molecule has 1 heterocycles. The second-order valence-corrected chi connectivity index (χ2v) is 19.5. The molecule has 47 heavy (non-hydrogen) atoms. The number of hydrogen-bond donors (Lipinski definition) is 0. The molecule has 2 aliphatic rings. The second kappa shape index (κ2) is 13.1. The largest absolute Gasteiger partial charge is 0.333 e. The van der Waals surface area contributed by atoms with E-state index in [0.29, 0.717) is 0 Å². The Labute approximate surface area is 293 Å². The fourth-order valence-electron chi connectivity index (χ4n) is 7.21. The molecule has 2 heteroatoms. The van der Waals surface area contributed by atoms with Crippen LogP contribution in [0.2, 0.25) is 0 Å². The SMILES string of the molecule is CCCCC1CCCC2=C1SCN2c1c(-c2cc(C(C)(C)C)cc(C(C)(C)C)c2)cccc1-c1cc(C(C)(C)C)cc(C(C)(C)C)c1. The maximum absolute atomic E-state index is 2.75. The van der Waals surface area contributed by atoms with Gasteiger partial charge < -0.3 is 4.90 Å². The first-order chi connectivity index (χ1) is 21.8. The summed E-state index contributed by atoms with van der Waals surface area (Å²) in [6, 6.07) is 22.0. The molecule has 1 aliphatic carbocycles. The highest BCUT2D eigenvalue weighted by Crippen LogP contribution is 2.52. The minimum Gasteiger partial charge on any atom is -0.333 e. The van der Waals surface area contributed by atoms with Crippen LogP contribution in [0.25, 0.3) is 22.3 Å². The van der Waals surface area contributed by atoms with Crippen LogP contribution in [0.5, 0.6) is 0 Å². The van der Waals surface area contributed by atoms with Crippen molar-refractivity contribution in [2.75, 3.05) is 10.8 Å². The summed E-state index contributed by atoms with van der Waals surface area (Å²) in [5, 5.41) is 0. The number of hydrogen-bond acceptors (Lipinski definition) is 2. The number of unbranched alkanes of at least 4 members (excludes halogenated alkanes) is 1. The highest BCUT2D eigenvalue weighted by Gasteiger charge is 2.35. The van der Waals surface area contributed by atoms with E-state index in [0.717, 1.165) is 11.8 Å². The van der Waals surface area contributed by atoms with Crippen LogP contribution in [0.3, 0.4) is 0 Å². The molecule has 0 radical (unpaired) electrons. The highest BCUT2D eigenvalue weighted by atomic mass is 32.2. The Hall–Kier alpha value is -2.45. The Morgan fingerprint density at radius 1 is 0.660 bits per heavy atom. The Morgan fingerprint density at radius 2 is 1.11 bits per heavy atom. The van der Waals surface area contributed by atoms with Gasteiger partial charge in [0.15, 0.2) is 0 Å². The van der Waals surface area contributed by atoms with Crippen LogP contribution in [0.15, 0.2) is 65.2 Å². The number of nitrogens with zero attached hydrogens (tertiary/aromatic N) is 1. The van der Waals surface area contributed by atoms with Crippen molar-refractivity contribution in [1.82, 2.24) is 0 Å². The van der Waals surface area contributed by atoms with E-state index in [1.807, 2.05) is 0 Å². The molecule has 1 nitrogen and oxygen atoms in total. The summed E-state index contributed by atoms with van der Waals surface area (Å²) in [5.41, 5.74) is 14.3. The highest BCUT2D eigenvalue weighted by molar-refractivity contribution is 8.03. The van der Waals surface area contributed by atoms with E-state index in [4.69, 9.17) is 0 Å². The normalized spacial score (nSPS) is 17.8. The van der Waals surface area contributed by atoms with E-state index in [2.05, 4.69) is 161 Å². The standard InChI is InChI=1S/C45H63NS/c1-14-15-18-30-19-16-22-39-41(30)47-29-46(39)40-37(31-23-33(42(2,3)4)27-34(24-31)43(5,6)7)20-17-21-38(40)32-25-35(44(8,9)10)28-36(26-32)45(11,12)13/h17,20-21,23-28,30H,14-16,18-19,22,29H2,1-13H3. The lowest BCUT2D eigenvalue weighted by Gasteiger charge is -2.32. The molecule has 5 rings (SSSR count). The molecule has 0 saturated carbocycles. The Bertz CT molecular complexity index is 1470. The predicted molar refractivity (Wildman–Crippen MR) is 211 cm³/mol. The molecule has 1 atom stereocenters. The smallest absolute Gasteiger partial charge is 0.0729 e. The third-order valence-electron chi connectivity index (χ3n) is 10.5. The summed E-state index contributed by atoms with van der Waals surface area (Å²) in [4.78, 5) is 4.44. The lowest BCUT2D eigenvalue weighted by atomic mass is 9.77. The Morgan fingerprint density at radius 3 is 1.51 bits per heavy atom. The van der Waals surface area contributed by atoms with E-state index >= 15 is 0 Å². The van der Waals surface area contributed by atoms with E-state index in [1.54, 1.807) is 10.6 Å². The fourth-order valence-corrected chi connectivity index (χ4v) is 8.61. The summed E-state index contributed by atoms with van der Waals surface area (Å²) >= 11 is 2.13. The third-order valence-corrected chi connectivity index (χ3v) is 11.7. The summed E-state index contributed by atoms with van der Waals surface area (Å²) in [7, 11) is 0. The van der Waals surface area contributed by atoms with Gasteiger partial charge in [-0.2, -0.15) is 0 Å².